The van der Waals surface area contributed by atoms with Crippen LogP contribution in [-0.4, -0.2) is 97.9 Å². The van der Waals surface area contributed by atoms with Crippen LogP contribution in [0.1, 0.15) is 12.5 Å². The summed E-state index contributed by atoms with van der Waals surface area (Å²) in [6.07, 6.45) is -4.29. The average Bonchev–Trinajstić information content (AvgIpc) is 2.72. The van der Waals surface area contributed by atoms with Gasteiger partial charge in [0.2, 0.25) is 0 Å². The van der Waals surface area contributed by atoms with Crippen molar-refractivity contribution in [1.82, 2.24) is 14.7 Å². The first-order chi connectivity index (χ1) is 13.4. The molecule has 0 radical (unpaired) electrons. The van der Waals surface area contributed by atoms with E-state index in [-0.39, 0.29) is 12.6 Å². The van der Waals surface area contributed by atoms with E-state index in [0.29, 0.717) is 5.69 Å². The molecule has 1 atom stereocenters. The third-order valence-electron chi connectivity index (χ3n) is 5.94. The minimum Gasteiger partial charge on any atom is -0.395 e. The molecule has 0 aromatic heterocycles. The minimum absolute atomic E-state index is 0.205. The third-order valence-corrected chi connectivity index (χ3v) is 5.94. The summed E-state index contributed by atoms with van der Waals surface area (Å²) in [6.45, 7) is 11.5. The molecule has 2 aliphatic heterocycles. The Balaban J connectivity index is 1.40. The largest absolute Gasteiger partial charge is 0.416 e. The fourth-order valence-electron chi connectivity index (χ4n) is 3.93. The highest BCUT2D eigenvalue weighted by Crippen LogP contribution is 2.31. The van der Waals surface area contributed by atoms with E-state index in [1.165, 1.54) is 12.1 Å². The third kappa shape index (κ3) is 5.59. The quantitative estimate of drug-likeness (QED) is 0.788. The summed E-state index contributed by atoms with van der Waals surface area (Å²) in [5.41, 5.74) is 0.0747. The van der Waals surface area contributed by atoms with Crippen LogP contribution in [0.3, 0.4) is 0 Å². The van der Waals surface area contributed by atoms with Crippen molar-refractivity contribution in [2.45, 2.75) is 19.1 Å². The van der Waals surface area contributed by atoms with E-state index in [4.69, 9.17) is 0 Å². The fraction of sp³-hybridized carbons (Fsp3) is 0.700. The smallest absolute Gasteiger partial charge is 0.395 e. The van der Waals surface area contributed by atoms with Crippen LogP contribution in [-0.2, 0) is 6.18 Å². The van der Waals surface area contributed by atoms with Crippen LogP contribution in [0.15, 0.2) is 24.3 Å². The number of hydrogen-bond acceptors (Lipinski definition) is 5. The molecule has 0 saturated carbocycles. The Morgan fingerprint density at radius 3 is 2.04 bits per heavy atom. The minimum atomic E-state index is -4.29. The van der Waals surface area contributed by atoms with E-state index < -0.39 is 11.7 Å². The molecule has 5 nitrogen and oxygen atoms in total. The number of benzene rings is 1. The molecule has 2 fully saturated rings. The summed E-state index contributed by atoms with van der Waals surface area (Å²) < 4.78 is 38.7. The Hall–Kier alpha value is -1.35. The zero-order chi connectivity index (χ0) is 20.1. The fourth-order valence-corrected chi connectivity index (χ4v) is 3.93. The van der Waals surface area contributed by atoms with Crippen molar-refractivity contribution < 1.29 is 18.3 Å². The Labute approximate surface area is 165 Å². The molecule has 1 unspecified atom stereocenters. The first kappa shape index (κ1) is 21.4. The highest BCUT2D eigenvalue weighted by Gasteiger charge is 2.31. The molecule has 0 bridgehead atoms. The normalized spacial score (nSPS) is 21.8. The number of nitrogens with zero attached hydrogens (tertiary/aromatic N) is 4. The number of hydrogen-bond donors (Lipinski definition) is 1. The maximum absolute atomic E-state index is 12.9. The van der Waals surface area contributed by atoms with Gasteiger partial charge < -0.3 is 10.0 Å². The summed E-state index contributed by atoms with van der Waals surface area (Å²) in [6, 6.07) is 5.86. The Morgan fingerprint density at radius 2 is 1.50 bits per heavy atom. The van der Waals surface area contributed by atoms with Gasteiger partial charge in [-0.05, 0) is 25.1 Å². The second-order valence-corrected chi connectivity index (χ2v) is 7.79. The predicted molar refractivity (Wildman–Crippen MR) is 105 cm³/mol. The molecule has 1 aromatic carbocycles. The lowest BCUT2D eigenvalue weighted by molar-refractivity contribution is -0.137. The molecule has 28 heavy (non-hydrogen) atoms. The number of anilines is 1. The molecular weight excluding hydrogens is 369 g/mol. The van der Waals surface area contributed by atoms with Crippen molar-refractivity contribution in [3.63, 3.8) is 0 Å². The van der Waals surface area contributed by atoms with Crippen LogP contribution in [0, 0.1) is 0 Å². The van der Waals surface area contributed by atoms with Gasteiger partial charge >= 0.3 is 6.18 Å². The Bertz CT molecular complexity index is 612. The number of rotatable bonds is 6. The van der Waals surface area contributed by atoms with Crippen LogP contribution < -0.4 is 4.90 Å². The molecule has 1 N–H and O–H groups in total. The van der Waals surface area contributed by atoms with E-state index in [1.54, 1.807) is 6.07 Å². The van der Waals surface area contributed by atoms with Crippen LogP contribution in [0.2, 0.25) is 0 Å². The van der Waals surface area contributed by atoms with Crippen molar-refractivity contribution in [1.29, 1.82) is 0 Å². The zero-order valence-electron chi connectivity index (χ0n) is 16.5. The molecule has 1 aromatic rings. The van der Waals surface area contributed by atoms with Crippen molar-refractivity contribution in [2.75, 3.05) is 77.0 Å². The molecule has 2 heterocycles. The van der Waals surface area contributed by atoms with Gasteiger partial charge in [-0.25, -0.2) is 0 Å². The van der Waals surface area contributed by atoms with Gasteiger partial charge in [-0.1, -0.05) is 6.07 Å². The van der Waals surface area contributed by atoms with E-state index in [0.717, 1.165) is 71.5 Å². The lowest BCUT2D eigenvalue weighted by atomic mass is 10.1. The molecule has 3 rings (SSSR count). The molecule has 2 saturated heterocycles. The number of aliphatic hydroxyl groups is 1. The van der Waals surface area contributed by atoms with Crippen molar-refractivity contribution in [3.8, 4) is 0 Å². The topological polar surface area (TPSA) is 33.2 Å². The number of piperazine rings is 2. The number of halogens is 3. The van der Waals surface area contributed by atoms with Crippen molar-refractivity contribution >= 4 is 5.69 Å². The lowest BCUT2D eigenvalue weighted by Gasteiger charge is -2.40. The summed E-state index contributed by atoms with van der Waals surface area (Å²) in [4.78, 5) is 9.22. The van der Waals surface area contributed by atoms with Gasteiger partial charge in [-0.2, -0.15) is 13.2 Å². The molecule has 0 amide bonds. The van der Waals surface area contributed by atoms with Gasteiger partial charge in [0.1, 0.15) is 0 Å². The SMILES string of the molecule is CC(CO)N1CCN(CCN2CCN(c3cccc(C(F)(F)F)c3)CC2)CC1. The van der Waals surface area contributed by atoms with Gasteiger partial charge in [-0.15, -0.1) is 0 Å². The Kier molecular flexibility index (Phi) is 7.20. The summed E-state index contributed by atoms with van der Waals surface area (Å²) >= 11 is 0. The van der Waals surface area contributed by atoms with Gasteiger partial charge in [-0.3, -0.25) is 14.7 Å². The van der Waals surface area contributed by atoms with Gasteiger partial charge in [0, 0.05) is 77.2 Å². The molecule has 0 aliphatic carbocycles. The zero-order valence-corrected chi connectivity index (χ0v) is 16.5. The van der Waals surface area contributed by atoms with Crippen LogP contribution in [0.4, 0.5) is 18.9 Å². The number of alkyl halides is 3. The Morgan fingerprint density at radius 1 is 0.929 bits per heavy atom. The van der Waals surface area contributed by atoms with Crippen LogP contribution >= 0.6 is 0 Å². The molecular formula is C20H31F3N4O. The van der Waals surface area contributed by atoms with E-state index in [2.05, 4.69) is 21.6 Å². The summed E-state index contributed by atoms with van der Waals surface area (Å²) in [5.74, 6) is 0. The van der Waals surface area contributed by atoms with E-state index >= 15 is 0 Å². The molecule has 8 heteroatoms. The average molecular weight is 400 g/mol. The molecule has 158 valence electrons. The highest BCUT2D eigenvalue weighted by atomic mass is 19.4. The standard InChI is InChI=1S/C20H31F3N4O/c1-17(16-28)26-11-7-24(8-12-26)5-6-25-9-13-27(14-10-25)19-4-2-3-18(15-19)20(21,22)23/h2-4,15,17,28H,5-14,16H2,1H3. The van der Waals surface area contributed by atoms with Gasteiger partial charge in [0.15, 0.2) is 0 Å². The molecule has 0 spiro atoms. The predicted octanol–water partition coefficient (Wildman–Crippen LogP) is 1.83. The van der Waals surface area contributed by atoms with Crippen LogP contribution in [0.25, 0.3) is 0 Å². The first-order valence-corrected chi connectivity index (χ1v) is 10.1. The maximum Gasteiger partial charge on any atom is 0.416 e. The van der Waals surface area contributed by atoms with Crippen LogP contribution in [0.5, 0.6) is 0 Å². The first-order valence-electron chi connectivity index (χ1n) is 10.1. The van der Waals surface area contributed by atoms with Crippen molar-refractivity contribution in [2.24, 2.45) is 0 Å². The summed E-state index contributed by atoms with van der Waals surface area (Å²) in [7, 11) is 0. The monoisotopic (exact) mass is 400 g/mol. The molecule has 2 aliphatic rings. The van der Waals surface area contributed by atoms with Gasteiger partial charge in [0.25, 0.3) is 0 Å². The lowest BCUT2D eigenvalue weighted by Crippen LogP contribution is -2.53. The maximum atomic E-state index is 12.9. The second kappa shape index (κ2) is 9.43. The van der Waals surface area contributed by atoms with Crippen molar-refractivity contribution in [3.05, 3.63) is 29.8 Å². The van der Waals surface area contributed by atoms with E-state index in [9.17, 15) is 18.3 Å². The second-order valence-electron chi connectivity index (χ2n) is 7.79. The number of aliphatic hydroxyl groups excluding tert-OH is 1. The van der Waals surface area contributed by atoms with Gasteiger partial charge in [0.05, 0.1) is 12.2 Å². The van der Waals surface area contributed by atoms with E-state index in [1.807, 2.05) is 4.90 Å². The highest BCUT2D eigenvalue weighted by molar-refractivity contribution is 5.49. The summed E-state index contributed by atoms with van der Waals surface area (Å²) in [5, 5.41) is 9.26.